The van der Waals surface area contributed by atoms with E-state index in [1.165, 1.54) is 41.8 Å². The monoisotopic (exact) mass is 282 g/mol. The van der Waals surface area contributed by atoms with Crippen LogP contribution in [-0.2, 0) is 10.0 Å². The Labute approximate surface area is 108 Å². The van der Waals surface area contributed by atoms with E-state index in [0.29, 0.717) is 10.7 Å². The van der Waals surface area contributed by atoms with Crippen molar-refractivity contribution >= 4 is 32.3 Å². The van der Waals surface area contributed by atoms with Crippen LogP contribution in [0.1, 0.15) is 5.56 Å². The minimum atomic E-state index is -3.64. The van der Waals surface area contributed by atoms with Gasteiger partial charge in [0.05, 0.1) is 4.90 Å². The molecule has 0 amide bonds. The number of rotatable bonds is 4. The van der Waals surface area contributed by atoms with Crippen LogP contribution in [0.15, 0.2) is 40.7 Å². The first-order valence-corrected chi connectivity index (χ1v) is 7.22. The molecule has 1 aromatic carbocycles. The van der Waals surface area contributed by atoms with Gasteiger partial charge >= 0.3 is 0 Å². The van der Waals surface area contributed by atoms with Crippen molar-refractivity contribution in [2.24, 2.45) is 5.73 Å². The number of aromatic nitrogens is 1. The first kappa shape index (κ1) is 12.5. The Bertz CT molecular complexity index is 648. The molecule has 0 atom stereocenters. The molecule has 0 bridgehead atoms. The van der Waals surface area contributed by atoms with Crippen LogP contribution >= 0.6 is 11.3 Å². The van der Waals surface area contributed by atoms with Gasteiger partial charge in [-0.2, -0.15) is 0 Å². The number of hydrogen-bond acceptors (Lipinski definition) is 5. The van der Waals surface area contributed by atoms with Gasteiger partial charge in [0.2, 0.25) is 0 Å². The third kappa shape index (κ3) is 2.66. The molecule has 0 saturated heterocycles. The van der Waals surface area contributed by atoms with E-state index in [4.69, 9.17) is 11.1 Å². The number of nitrogens with two attached hydrogens (primary N) is 1. The number of nitrogen functional groups attached to an aromatic ring is 1. The van der Waals surface area contributed by atoms with Crippen LogP contribution < -0.4 is 10.5 Å². The van der Waals surface area contributed by atoms with Crippen LogP contribution in [0.5, 0.6) is 0 Å². The standard InChI is InChI=1S/C10H10N4O2S2/c11-9(12)7-1-3-8(4-2-7)18(15,16)14-10-13-5-6-17-10/h1-6H,(H3,11,12)(H,13,14). The number of sulfonamides is 1. The van der Waals surface area contributed by atoms with Crippen LogP contribution in [0.3, 0.4) is 0 Å². The summed E-state index contributed by atoms with van der Waals surface area (Å²) in [4.78, 5) is 3.95. The van der Waals surface area contributed by atoms with Crippen molar-refractivity contribution in [3.8, 4) is 0 Å². The molecule has 1 aromatic heterocycles. The lowest BCUT2D eigenvalue weighted by Crippen LogP contribution is -2.14. The van der Waals surface area contributed by atoms with Crippen molar-refractivity contribution in [2.75, 3.05) is 4.72 Å². The van der Waals surface area contributed by atoms with E-state index in [-0.39, 0.29) is 10.7 Å². The van der Waals surface area contributed by atoms with Crippen LogP contribution in [-0.4, -0.2) is 19.2 Å². The number of nitrogens with zero attached hydrogens (tertiary/aromatic N) is 1. The largest absolute Gasteiger partial charge is 0.384 e. The van der Waals surface area contributed by atoms with Crippen molar-refractivity contribution in [3.63, 3.8) is 0 Å². The highest BCUT2D eigenvalue weighted by Gasteiger charge is 2.15. The molecule has 1 heterocycles. The fourth-order valence-corrected chi connectivity index (χ4v) is 3.05. The summed E-state index contributed by atoms with van der Waals surface area (Å²) in [5.41, 5.74) is 5.77. The Hall–Kier alpha value is -1.93. The Morgan fingerprint density at radius 3 is 2.50 bits per heavy atom. The summed E-state index contributed by atoms with van der Waals surface area (Å²) < 4.78 is 26.3. The molecular formula is C10H10N4O2S2. The molecule has 2 aromatic rings. The van der Waals surface area contributed by atoms with Crippen molar-refractivity contribution in [3.05, 3.63) is 41.4 Å². The molecule has 0 spiro atoms. The summed E-state index contributed by atoms with van der Waals surface area (Å²) >= 11 is 1.20. The van der Waals surface area contributed by atoms with Crippen LogP contribution in [0, 0.1) is 5.41 Å². The Morgan fingerprint density at radius 2 is 2.00 bits per heavy atom. The first-order chi connectivity index (χ1) is 8.49. The number of nitrogens with one attached hydrogen (secondary N) is 2. The maximum Gasteiger partial charge on any atom is 0.263 e. The Morgan fingerprint density at radius 1 is 1.33 bits per heavy atom. The first-order valence-electron chi connectivity index (χ1n) is 4.86. The third-order valence-corrected chi connectivity index (χ3v) is 4.30. The lowest BCUT2D eigenvalue weighted by molar-refractivity contribution is 0.601. The highest BCUT2D eigenvalue weighted by Crippen LogP contribution is 2.18. The van der Waals surface area contributed by atoms with E-state index in [1.54, 1.807) is 5.38 Å². The van der Waals surface area contributed by atoms with Gasteiger partial charge in [0.25, 0.3) is 10.0 Å². The molecule has 0 aliphatic rings. The normalized spacial score (nSPS) is 11.1. The predicted molar refractivity (Wildman–Crippen MR) is 70.4 cm³/mol. The molecule has 0 aliphatic carbocycles. The molecule has 0 radical (unpaired) electrons. The summed E-state index contributed by atoms with van der Waals surface area (Å²) in [6, 6.07) is 5.76. The highest BCUT2D eigenvalue weighted by atomic mass is 32.2. The summed E-state index contributed by atoms with van der Waals surface area (Å²) in [7, 11) is -3.64. The third-order valence-electron chi connectivity index (χ3n) is 2.13. The summed E-state index contributed by atoms with van der Waals surface area (Å²) in [6.07, 6.45) is 1.52. The maximum absolute atomic E-state index is 12.0. The fraction of sp³-hybridized carbons (Fsp3) is 0. The minimum absolute atomic E-state index is 0.0997. The molecule has 2 rings (SSSR count). The van der Waals surface area contributed by atoms with Crippen molar-refractivity contribution in [2.45, 2.75) is 4.90 Å². The summed E-state index contributed by atoms with van der Waals surface area (Å²) in [6.45, 7) is 0. The van der Waals surface area contributed by atoms with E-state index >= 15 is 0 Å². The summed E-state index contributed by atoms with van der Waals surface area (Å²) in [5.74, 6) is -0.105. The van der Waals surface area contributed by atoms with Gasteiger partial charge in [-0.1, -0.05) is 0 Å². The highest BCUT2D eigenvalue weighted by molar-refractivity contribution is 7.93. The quantitative estimate of drug-likeness (QED) is 0.578. The van der Waals surface area contributed by atoms with Gasteiger partial charge in [-0.05, 0) is 24.3 Å². The van der Waals surface area contributed by atoms with E-state index < -0.39 is 10.0 Å². The zero-order chi connectivity index (χ0) is 13.2. The topological polar surface area (TPSA) is 109 Å². The molecule has 6 nitrogen and oxygen atoms in total. The van der Waals surface area contributed by atoms with Gasteiger partial charge in [-0.15, -0.1) is 11.3 Å². The lowest BCUT2D eigenvalue weighted by Gasteiger charge is -2.05. The number of hydrogen-bond donors (Lipinski definition) is 3. The number of amidine groups is 1. The zero-order valence-corrected chi connectivity index (χ0v) is 10.8. The van der Waals surface area contributed by atoms with E-state index in [0.717, 1.165) is 0 Å². The minimum Gasteiger partial charge on any atom is -0.384 e. The Kier molecular flexibility index (Phi) is 3.30. The number of benzene rings is 1. The molecule has 0 saturated carbocycles. The predicted octanol–water partition coefficient (Wildman–Crippen LogP) is 1.23. The maximum atomic E-state index is 12.0. The smallest absolute Gasteiger partial charge is 0.263 e. The van der Waals surface area contributed by atoms with Gasteiger partial charge < -0.3 is 5.73 Å². The lowest BCUT2D eigenvalue weighted by atomic mass is 10.2. The molecule has 4 N–H and O–H groups in total. The molecule has 0 aliphatic heterocycles. The van der Waals surface area contributed by atoms with Crippen LogP contribution in [0.2, 0.25) is 0 Å². The van der Waals surface area contributed by atoms with Gasteiger partial charge in [0, 0.05) is 17.1 Å². The molecule has 0 fully saturated rings. The van der Waals surface area contributed by atoms with Gasteiger partial charge in [0.15, 0.2) is 5.13 Å². The average Bonchev–Trinajstić information content (AvgIpc) is 2.81. The zero-order valence-electron chi connectivity index (χ0n) is 9.12. The molecule has 18 heavy (non-hydrogen) atoms. The average molecular weight is 282 g/mol. The Balaban J connectivity index is 2.27. The SMILES string of the molecule is N=C(N)c1ccc(S(=O)(=O)Nc2nccs2)cc1. The van der Waals surface area contributed by atoms with Gasteiger partial charge in [-0.25, -0.2) is 13.4 Å². The molecule has 8 heteroatoms. The van der Waals surface area contributed by atoms with Crippen LogP contribution in [0.25, 0.3) is 0 Å². The number of thiazole rings is 1. The van der Waals surface area contributed by atoms with Crippen molar-refractivity contribution in [1.29, 1.82) is 5.41 Å². The molecule has 94 valence electrons. The van der Waals surface area contributed by atoms with Gasteiger partial charge in [0.1, 0.15) is 5.84 Å². The number of anilines is 1. The van der Waals surface area contributed by atoms with E-state index in [2.05, 4.69) is 9.71 Å². The summed E-state index contributed by atoms with van der Waals surface area (Å²) in [5, 5.41) is 9.21. The second-order valence-corrected chi connectivity index (χ2v) is 5.96. The molecular weight excluding hydrogens is 272 g/mol. The second kappa shape index (κ2) is 4.75. The van der Waals surface area contributed by atoms with E-state index in [1.807, 2.05) is 0 Å². The van der Waals surface area contributed by atoms with Gasteiger partial charge in [-0.3, -0.25) is 10.1 Å². The second-order valence-electron chi connectivity index (χ2n) is 3.38. The van der Waals surface area contributed by atoms with Crippen LogP contribution in [0.4, 0.5) is 5.13 Å². The fourth-order valence-electron chi connectivity index (χ4n) is 1.26. The molecule has 0 unspecified atom stereocenters. The van der Waals surface area contributed by atoms with E-state index in [9.17, 15) is 8.42 Å². The van der Waals surface area contributed by atoms with Crippen molar-refractivity contribution < 1.29 is 8.42 Å². The van der Waals surface area contributed by atoms with Crippen molar-refractivity contribution in [1.82, 2.24) is 4.98 Å².